The van der Waals surface area contributed by atoms with E-state index in [-0.39, 0.29) is 11.8 Å². The summed E-state index contributed by atoms with van der Waals surface area (Å²) >= 11 is 0. The van der Waals surface area contributed by atoms with Gasteiger partial charge in [-0.25, -0.2) is 0 Å². The van der Waals surface area contributed by atoms with Gasteiger partial charge < -0.3 is 10.2 Å². The Bertz CT molecular complexity index is 547. The Kier molecular flexibility index (Phi) is 5.86. The fourth-order valence-electron chi connectivity index (χ4n) is 3.60. The van der Waals surface area contributed by atoms with Gasteiger partial charge in [-0.1, -0.05) is 37.5 Å². The summed E-state index contributed by atoms with van der Waals surface area (Å²) in [5.74, 6) is 0.214. The van der Waals surface area contributed by atoms with Crippen LogP contribution in [0.25, 0.3) is 0 Å². The van der Waals surface area contributed by atoms with E-state index in [0.717, 1.165) is 31.5 Å². The van der Waals surface area contributed by atoms with E-state index >= 15 is 0 Å². The molecule has 130 valence electrons. The van der Waals surface area contributed by atoms with Crippen LogP contribution < -0.4 is 5.32 Å². The summed E-state index contributed by atoms with van der Waals surface area (Å²) in [5.41, 5.74) is 0.737. The number of rotatable bonds is 4. The first-order chi connectivity index (χ1) is 11.7. The van der Waals surface area contributed by atoms with Crippen LogP contribution in [0.4, 0.5) is 0 Å². The van der Waals surface area contributed by atoms with Gasteiger partial charge in [0.1, 0.15) is 0 Å². The normalized spacial score (nSPS) is 19.9. The standard InChI is InChI=1S/C19H27N3O2/c23-18(20-17-9-5-2-6-10-17)15-21-11-13-22(14-12-21)19(24)16-7-3-1-4-8-16/h1,3-4,7-8,17H,2,5-6,9-15H2,(H,20,23). The van der Waals surface area contributed by atoms with Gasteiger partial charge in [-0.05, 0) is 25.0 Å². The van der Waals surface area contributed by atoms with Gasteiger partial charge in [0.2, 0.25) is 5.91 Å². The van der Waals surface area contributed by atoms with Crippen LogP contribution in [0.3, 0.4) is 0 Å². The maximum absolute atomic E-state index is 12.4. The Morgan fingerprint density at radius 2 is 1.62 bits per heavy atom. The summed E-state index contributed by atoms with van der Waals surface area (Å²) in [6, 6.07) is 9.77. The number of amides is 2. The summed E-state index contributed by atoms with van der Waals surface area (Å²) in [5, 5.41) is 3.16. The van der Waals surface area contributed by atoms with Crippen molar-refractivity contribution in [3.05, 3.63) is 35.9 Å². The van der Waals surface area contributed by atoms with Gasteiger partial charge in [0.05, 0.1) is 6.54 Å². The number of piperazine rings is 1. The number of carbonyl (C=O) groups excluding carboxylic acids is 2. The monoisotopic (exact) mass is 329 g/mol. The largest absolute Gasteiger partial charge is 0.352 e. The van der Waals surface area contributed by atoms with Crippen molar-refractivity contribution in [3.8, 4) is 0 Å². The minimum absolute atomic E-state index is 0.0851. The number of nitrogens with zero attached hydrogens (tertiary/aromatic N) is 2. The molecular formula is C19H27N3O2. The lowest BCUT2D eigenvalue weighted by Crippen LogP contribution is -2.52. The van der Waals surface area contributed by atoms with Crippen molar-refractivity contribution in [2.24, 2.45) is 0 Å². The molecule has 1 aliphatic heterocycles. The summed E-state index contributed by atoms with van der Waals surface area (Å²) in [7, 11) is 0. The Morgan fingerprint density at radius 3 is 2.29 bits per heavy atom. The fourth-order valence-corrected chi connectivity index (χ4v) is 3.60. The van der Waals surface area contributed by atoms with E-state index in [4.69, 9.17) is 0 Å². The van der Waals surface area contributed by atoms with Crippen molar-refractivity contribution < 1.29 is 9.59 Å². The highest BCUT2D eigenvalue weighted by molar-refractivity contribution is 5.94. The average molecular weight is 329 g/mol. The molecule has 0 atom stereocenters. The van der Waals surface area contributed by atoms with Gasteiger partial charge in [-0.2, -0.15) is 0 Å². The number of hydrogen-bond donors (Lipinski definition) is 1. The summed E-state index contributed by atoms with van der Waals surface area (Å²) in [4.78, 5) is 28.6. The van der Waals surface area contributed by atoms with Gasteiger partial charge in [-0.3, -0.25) is 14.5 Å². The van der Waals surface area contributed by atoms with Crippen LogP contribution in [0, 0.1) is 0 Å². The zero-order valence-corrected chi connectivity index (χ0v) is 14.2. The molecule has 1 saturated heterocycles. The highest BCUT2D eigenvalue weighted by Gasteiger charge is 2.24. The van der Waals surface area contributed by atoms with Crippen molar-refractivity contribution in [1.82, 2.24) is 15.1 Å². The molecule has 5 heteroatoms. The number of carbonyl (C=O) groups is 2. The third-order valence-electron chi connectivity index (χ3n) is 5.02. The molecule has 3 rings (SSSR count). The predicted octanol–water partition coefficient (Wildman–Crippen LogP) is 1.89. The van der Waals surface area contributed by atoms with E-state index in [1.165, 1.54) is 19.3 Å². The maximum atomic E-state index is 12.4. The van der Waals surface area contributed by atoms with Crippen molar-refractivity contribution in [3.63, 3.8) is 0 Å². The lowest BCUT2D eigenvalue weighted by atomic mass is 9.95. The summed E-state index contributed by atoms with van der Waals surface area (Å²) in [6.45, 7) is 3.34. The van der Waals surface area contributed by atoms with E-state index < -0.39 is 0 Å². The first-order valence-corrected chi connectivity index (χ1v) is 9.08. The molecule has 2 fully saturated rings. The van der Waals surface area contributed by atoms with Crippen LogP contribution in [0.5, 0.6) is 0 Å². The molecule has 1 aliphatic carbocycles. The Morgan fingerprint density at radius 1 is 0.958 bits per heavy atom. The average Bonchev–Trinajstić information content (AvgIpc) is 2.63. The number of benzene rings is 1. The van der Waals surface area contributed by atoms with E-state index in [2.05, 4.69) is 10.2 Å². The zero-order chi connectivity index (χ0) is 16.8. The Labute approximate surface area is 144 Å². The van der Waals surface area contributed by atoms with Gasteiger partial charge in [0.15, 0.2) is 0 Å². The fraction of sp³-hybridized carbons (Fsp3) is 0.579. The van der Waals surface area contributed by atoms with Crippen LogP contribution in [0.2, 0.25) is 0 Å². The molecule has 1 heterocycles. The summed E-state index contributed by atoms with van der Waals surface area (Å²) < 4.78 is 0. The van der Waals surface area contributed by atoms with E-state index in [1.54, 1.807) is 0 Å². The topological polar surface area (TPSA) is 52.7 Å². The van der Waals surface area contributed by atoms with Crippen molar-refractivity contribution in [2.75, 3.05) is 32.7 Å². The molecule has 2 amide bonds. The zero-order valence-electron chi connectivity index (χ0n) is 14.2. The van der Waals surface area contributed by atoms with Crippen molar-refractivity contribution >= 4 is 11.8 Å². The number of hydrogen-bond acceptors (Lipinski definition) is 3. The van der Waals surface area contributed by atoms with Crippen LogP contribution in [-0.2, 0) is 4.79 Å². The molecule has 1 N–H and O–H groups in total. The van der Waals surface area contributed by atoms with Crippen molar-refractivity contribution in [1.29, 1.82) is 0 Å². The molecule has 1 saturated carbocycles. The second-order valence-electron chi connectivity index (χ2n) is 6.84. The highest BCUT2D eigenvalue weighted by Crippen LogP contribution is 2.17. The minimum Gasteiger partial charge on any atom is -0.352 e. The smallest absolute Gasteiger partial charge is 0.253 e. The molecule has 1 aromatic rings. The number of nitrogens with one attached hydrogen (secondary N) is 1. The molecule has 0 bridgehead atoms. The first-order valence-electron chi connectivity index (χ1n) is 9.08. The quantitative estimate of drug-likeness (QED) is 0.918. The van der Waals surface area contributed by atoms with Gasteiger partial charge in [0.25, 0.3) is 5.91 Å². The van der Waals surface area contributed by atoms with Gasteiger partial charge >= 0.3 is 0 Å². The lowest BCUT2D eigenvalue weighted by Gasteiger charge is -2.34. The maximum Gasteiger partial charge on any atom is 0.253 e. The van der Waals surface area contributed by atoms with E-state index in [1.807, 2.05) is 35.2 Å². The van der Waals surface area contributed by atoms with E-state index in [9.17, 15) is 9.59 Å². The SMILES string of the molecule is O=C(CN1CCN(C(=O)c2ccccc2)CC1)NC1CCCCC1. The van der Waals surface area contributed by atoms with Crippen LogP contribution in [0.1, 0.15) is 42.5 Å². The molecule has 5 nitrogen and oxygen atoms in total. The van der Waals surface area contributed by atoms with Crippen LogP contribution in [-0.4, -0.2) is 60.4 Å². The second-order valence-corrected chi connectivity index (χ2v) is 6.84. The molecule has 0 spiro atoms. The highest BCUT2D eigenvalue weighted by atomic mass is 16.2. The predicted molar refractivity (Wildman–Crippen MR) is 93.8 cm³/mol. The third-order valence-corrected chi connectivity index (χ3v) is 5.02. The molecular weight excluding hydrogens is 302 g/mol. The van der Waals surface area contributed by atoms with E-state index in [0.29, 0.717) is 25.7 Å². The summed E-state index contributed by atoms with van der Waals surface area (Å²) in [6.07, 6.45) is 5.98. The van der Waals surface area contributed by atoms with Crippen LogP contribution >= 0.6 is 0 Å². The Balaban J connectivity index is 1.41. The molecule has 2 aliphatic rings. The molecule has 1 aromatic carbocycles. The second kappa shape index (κ2) is 8.29. The molecule has 0 aromatic heterocycles. The first kappa shape index (κ1) is 17.0. The third kappa shape index (κ3) is 4.57. The van der Waals surface area contributed by atoms with Crippen molar-refractivity contribution in [2.45, 2.75) is 38.1 Å². The van der Waals surface area contributed by atoms with Gasteiger partial charge in [-0.15, -0.1) is 0 Å². The van der Waals surface area contributed by atoms with Crippen LogP contribution in [0.15, 0.2) is 30.3 Å². The van der Waals surface area contributed by atoms with Gasteiger partial charge in [0, 0.05) is 37.8 Å². The molecule has 24 heavy (non-hydrogen) atoms. The Hall–Kier alpha value is -1.88. The molecule has 0 radical (unpaired) electrons. The lowest BCUT2D eigenvalue weighted by molar-refractivity contribution is -0.123. The minimum atomic E-state index is 0.0851. The molecule has 0 unspecified atom stereocenters.